The highest BCUT2D eigenvalue weighted by Gasteiger charge is 2.33. The number of methoxy groups -OCH3 is 1. The summed E-state index contributed by atoms with van der Waals surface area (Å²) in [5, 5.41) is 0. The minimum absolute atomic E-state index is 0.0883. The molecule has 1 aromatic rings. The average Bonchev–Trinajstić information content (AvgIpc) is 2.34. The molecule has 0 aromatic carbocycles. The maximum absolute atomic E-state index is 11.7. The molecular weight excluding hydrogens is 244 g/mol. The standard InChI is InChI=1S/C14H22N2O3/c1-14(2)9-16(5-4-13(14)15)7-10-6-11(17)12(18-3)8-19-10/h6,8,13H,4-5,7,9,15H2,1-3H3. The van der Waals surface area contributed by atoms with Crippen LogP contribution in [0.2, 0.25) is 0 Å². The van der Waals surface area contributed by atoms with E-state index in [1.165, 1.54) is 19.4 Å². The van der Waals surface area contributed by atoms with E-state index in [4.69, 9.17) is 14.9 Å². The smallest absolute Gasteiger partial charge is 0.227 e. The van der Waals surface area contributed by atoms with E-state index < -0.39 is 0 Å². The first-order valence-corrected chi connectivity index (χ1v) is 6.56. The van der Waals surface area contributed by atoms with Gasteiger partial charge in [-0.3, -0.25) is 9.69 Å². The fraction of sp³-hybridized carbons (Fsp3) is 0.643. The van der Waals surface area contributed by atoms with Gasteiger partial charge >= 0.3 is 0 Å². The molecule has 2 N–H and O–H groups in total. The zero-order valence-corrected chi connectivity index (χ0v) is 11.8. The van der Waals surface area contributed by atoms with Crippen molar-refractivity contribution in [2.24, 2.45) is 11.1 Å². The van der Waals surface area contributed by atoms with Crippen molar-refractivity contribution in [1.82, 2.24) is 4.90 Å². The van der Waals surface area contributed by atoms with Gasteiger partial charge in [-0.25, -0.2) is 0 Å². The Morgan fingerprint density at radius 3 is 2.89 bits per heavy atom. The molecule has 0 aliphatic carbocycles. The Hall–Kier alpha value is -1.33. The quantitative estimate of drug-likeness (QED) is 0.890. The number of hydrogen-bond acceptors (Lipinski definition) is 5. The lowest BCUT2D eigenvalue weighted by Crippen LogP contribution is -2.52. The lowest BCUT2D eigenvalue weighted by Gasteiger charge is -2.42. The van der Waals surface area contributed by atoms with E-state index in [2.05, 4.69) is 18.7 Å². The molecule has 1 fully saturated rings. The lowest BCUT2D eigenvalue weighted by atomic mass is 9.80. The first kappa shape index (κ1) is 14.1. The van der Waals surface area contributed by atoms with Crippen LogP contribution in [0, 0.1) is 5.41 Å². The minimum Gasteiger partial charge on any atom is -0.490 e. The van der Waals surface area contributed by atoms with Crippen LogP contribution in [0.25, 0.3) is 0 Å². The lowest BCUT2D eigenvalue weighted by molar-refractivity contribution is 0.0838. The van der Waals surface area contributed by atoms with Gasteiger partial charge in [0.1, 0.15) is 12.0 Å². The summed E-state index contributed by atoms with van der Waals surface area (Å²) in [4.78, 5) is 13.9. The zero-order valence-electron chi connectivity index (χ0n) is 11.8. The van der Waals surface area contributed by atoms with Gasteiger partial charge in [0.05, 0.1) is 13.7 Å². The van der Waals surface area contributed by atoms with Crippen LogP contribution in [0.5, 0.6) is 5.75 Å². The Bertz CT molecular complexity index is 496. The maximum atomic E-state index is 11.7. The summed E-state index contributed by atoms with van der Waals surface area (Å²) in [6.07, 6.45) is 2.34. The van der Waals surface area contributed by atoms with Crippen LogP contribution < -0.4 is 15.9 Å². The van der Waals surface area contributed by atoms with Gasteiger partial charge in [0.25, 0.3) is 0 Å². The van der Waals surface area contributed by atoms with E-state index in [1.54, 1.807) is 0 Å². The molecule has 0 bridgehead atoms. The van der Waals surface area contributed by atoms with Crippen LogP contribution in [0.3, 0.4) is 0 Å². The number of ether oxygens (including phenoxy) is 1. The molecule has 1 aliphatic rings. The first-order chi connectivity index (χ1) is 8.92. The molecule has 19 heavy (non-hydrogen) atoms. The van der Waals surface area contributed by atoms with Crippen LogP contribution in [0.15, 0.2) is 21.5 Å². The van der Waals surface area contributed by atoms with Crippen molar-refractivity contribution in [2.45, 2.75) is 32.9 Å². The van der Waals surface area contributed by atoms with Crippen molar-refractivity contribution in [2.75, 3.05) is 20.2 Å². The summed E-state index contributed by atoms with van der Waals surface area (Å²) in [6, 6.07) is 1.73. The molecule has 1 saturated heterocycles. The summed E-state index contributed by atoms with van der Waals surface area (Å²) < 4.78 is 10.3. The summed E-state index contributed by atoms with van der Waals surface area (Å²) in [6.45, 7) is 6.82. The summed E-state index contributed by atoms with van der Waals surface area (Å²) in [5.41, 5.74) is 6.06. The van der Waals surface area contributed by atoms with Crippen LogP contribution >= 0.6 is 0 Å². The highest BCUT2D eigenvalue weighted by Crippen LogP contribution is 2.28. The molecule has 1 atom stereocenters. The number of hydrogen-bond donors (Lipinski definition) is 1. The second-order valence-corrected chi connectivity index (χ2v) is 5.87. The number of piperidine rings is 1. The maximum Gasteiger partial charge on any atom is 0.227 e. The highest BCUT2D eigenvalue weighted by molar-refractivity contribution is 5.17. The highest BCUT2D eigenvalue weighted by atomic mass is 16.5. The molecular formula is C14H22N2O3. The summed E-state index contributed by atoms with van der Waals surface area (Å²) in [7, 11) is 1.46. The van der Waals surface area contributed by atoms with E-state index >= 15 is 0 Å². The molecule has 0 saturated carbocycles. The van der Waals surface area contributed by atoms with Gasteiger partial charge in [-0.1, -0.05) is 13.8 Å². The topological polar surface area (TPSA) is 68.7 Å². The van der Waals surface area contributed by atoms with Crippen molar-refractivity contribution in [1.29, 1.82) is 0 Å². The third kappa shape index (κ3) is 3.16. The number of rotatable bonds is 3. The van der Waals surface area contributed by atoms with E-state index in [9.17, 15) is 4.79 Å². The zero-order chi connectivity index (χ0) is 14.0. The largest absolute Gasteiger partial charge is 0.490 e. The van der Waals surface area contributed by atoms with E-state index in [-0.39, 0.29) is 22.6 Å². The summed E-state index contributed by atoms with van der Waals surface area (Å²) in [5.74, 6) is 0.904. The fourth-order valence-corrected chi connectivity index (χ4v) is 2.51. The number of likely N-dealkylation sites (tertiary alicyclic amines) is 1. The second-order valence-electron chi connectivity index (χ2n) is 5.87. The normalized spacial score (nSPS) is 23.3. The fourth-order valence-electron chi connectivity index (χ4n) is 2.51. The van der Waals surface area contributed by atoms with Gasteiger partial charge in [0.15, 0.2) is 0 Å². The molecule has 2 rings (SSSR count). The van der Waals surface area contributed by atoms with E-state index in [0.717, 1.165) is 19.5 Å². The van der Waals surface area contributed by atoms with Gasteiger partial charge in [-0.15, -0.1) is 0 Å². The van der Waals surface area contributed by atoms with Crippen molar-refractivity contribution >= 4 is 0 Å². The van der Waals surface area contributed by atoms with Gasteiger partial charge in [0, 0.05) is 25.2 Å². The van der Waals surface area contributed by atoms with Crippen LogP contribution in [-0.4, -0.2) is 31.1 Å². The molecule has 0 radical (unpaired) electrons. The van der Waals surface area contributed by atoms with E-state index in [1.807, 2.05) is 0 Å². The number of nitrogens with zero attached hydrogens (tertiary/aromatic N) is 1. The van der Waals surface area contributed by atoms with Gasteiger partial charge in [-0.05, 0) is 11.8 Å². The third-order valence-electron chi connectivity index (χ3n) is 3.84. The molecule has 0 spiro atoms. The van der Waals surface area contributed by atoms with Crippen molar-refractivity contribution in [3.8, 4) is 5.75 Å². The van der Waals surface area contributed by atoms with Crippen LogP contribution in [0.1, 0.15) is 26.0 Å². The molecule has 1 unspecified atom stereocenters. The predicted octanol–water partition coefficient (Wildman–Crippen LogP) is 1.21. The van der Waals surface area contributed by atoms with Crippen molar-refractivity contribution < 1.29 is 9.15 Å². The van der Waals surface area contributed by atoms with Crippen molar-refractivity contribution in [3.63, 3.8) is 0 Å². The van der Waals surface area contributed by atoms with Crippen LogP contribution in [0.4, 0.5) is 0 Å². The molecule has 1 aliphatic heterocycles. The summed E-state index contributed by atoms with van der Waals surface area (Å²) >= 11 is 0. The molecule has 1 aromatic heterocycles. The number of nitrogens with two attached hydrogens (primary N) is 1. The Morgan fingerprint density at radius 1 is 1.58 bits per heavy atom. The molecule has 106 valence electrons. The van der Waals surface area contributed by atoms with E-state index in [0.29, 0.717) is 12.3 Å². The van der Waals surface area contributed by atoms with Gasteiger partial charge < -0.3 is 14.9 Å². The molecule has 5 nitrogen and oxygen atoms in total. The Labute approximate surface area is 113 Å². The second kappa shape index (κ2) is 5.35. The van der Waals surface area contributed by atoms with Crippen molar-refractivity contribution in [3.05, 3.63) is 28.3 Å². The Balaban J connectivity index is 2.06. The van der Waals surface area contributed by atoms with Gasteiger partial charge in [-0.2, -0.15) is 0 Å². The Morgan fingerprint density at radius 2 is 2.32 bits per heavy atom. The third-order valence-corrected chi connectivity index (χ3v) is 3.84. The van der Waals surface area contributed by atoms with Crippen LogP contribution in [-0.2, 0) is 6.54 Å². The minimum atomic E-state index is -0.142. The Kier molecular flexibility index (Phi) is 3.96. The average molecular weight is 266 g/mol. The van der Waals surface area contributed by atoms with Gasteiger partial charge in [0.2, 0.25) is 11.2 Å². The molecule has 5 heteroatoms. The SMILES string of the molecule is COc1coc(CN2CCC(N)C(C)(C)C2)cc1=O. The monoisotopic (exact) mass is 266 g/mol. The molecule has 0 amide bonds. The first-order valence-electron chi connectivity index (χ1n) is 6.56. The predicted molar refractivity (Wildman–Crippen MR) is 73.2 cm³/mol. The molecule has 2 heterocycles.